The zero-order valence-electron chi connectivity index (χ0n) is 16.4. The van der Waals surface area contributed by atoms with Gasteiger partial charge in [0.1, 0.15) is 5.75 Å². The van der Waals surface area contributed by atoms with Crippen molar-refractivity contribution in [3.05, 3.63) is 30.2 Å². The van der Waals surface area contributed by atoms with Gasteiger partial charge in [-0.25, -0.2) is 0 Å². The first-order chi connectivity index (χ1) is 13.0. The van der Waals surface area contributed by atoms with E-state index in [0.29, 0.717) is 30.5 Å². The summed E-state index contributed by atoms with van der Waals surface area (Å²) in [5.41, 5.74) is 0.860. The van der Waals surface area contributed by atoms with E-state index in [4.69, 9.17) is 9.26 Å². The molecule has 1 aliphatic rings. The highest BCUT2D eigenvalue weighted by atomic mass is 16.5. The molecule has 1 saturated heterocycles. The van der Waals surface area contributed by atoms with Gasteiger partial charge in [0.15, 0.2) is 0 Å². The van der Waals surface area contributed by atoms with E-state index in [9.17, 15) is 4.79 Å². The van der Waals surface area contributed by atoms with Crippen LogP contribution in [0.1, 0.15) is 26.2 Å². The summed E-state index contributed by atoms with van der Waals surface area (Å²) in [6, 6.07) is 7.48. The molecular formula is C20H28N4O3. The number of hydrogen-bond acceptors (Lipinski definition) is 6. The third kappa shape index (κ3) is 5.29. The molecule has 1 fully saturated rings. The van der Waals surface area contributed by atoms with Crippen molar-refractivity contribution in [3.63, 3.8) is 0 Å². The monoisotopic (exact) mass is 372 g/mol. The van der Waals surface area contributed by atoms with Crippen LogP contribution in [0, 0.1) is 5.92 Å². The van der Waals surface area contributed by atoms with Gasteiger partial charge < -0.3 is 14.2 Å². The number of piperazine rings is 1. The zero-order valence-corrected chi connectivity index (χ0v) is 16.4. The van der Waals surface area contributed by atoms with Gasteiger partial charge in [-0.05, 0) is 30.2 Å². The smallest absolute Gasteiger partial charge is 0.227 e. The average molecular weight is 372 g/mol. The number of aromatic nitrogens is 2. The third-order valence-electron chi connectivity index (χ3n) is 4.72. The summed E-state index contributed by atoms with van der Waals surface area (Å²) in [6.45, 7) is 9.04. The number of carbonyl (C=O) groups is 1. The highest BCUT2D eigenvalue weighted by Crippen LogP contribution is 2.20. The van der Waals surface area contributed by atoms with E-state index < -0.39 is 0 Å². The molecule has 0 radical (unpaired) electrons. The summed E-state index contributed by atoms with van der Waals surface area (Å²) >= 11 is 0. The molecule has 7 nitrogen and oxygen atoms in total. The van der Waals surface area contributed by atoms with Crippen LogP contribution < -0.4 is 4.74 Å². The third-order valence-corrected chi connectivity index (χ3v) is 4.72. The Morgan fingerprint density at radius 1 is 1.19 bits per heavy atom. The van der Waals surface area contributed by atoms with Crippen molar-refractivity contribution in [3.8, 4) is 17.1 Å². The molecule has 1 aromatic carbocycles. The number of aryl methyl sites for hydroxylation is 1. The first-order valence-corrected chi connectivity index (χ1v) is 9.52. The summed E-state index contributed by atoms with van der Waals surface area (Å²) in [5.74, 6) is 2.62. The standard InChI is InChI=1S/C20H28N4O3/c1-15(2)14-23-10-12-24(13-11-23)19(25)9-8-18-21-20(22-27-18)16-4-6-17(26-3)7-5-16/h4-7,15H,8-14H2,1-3H3. The maximum absolute atomic E-state index is 12.5. The Labute approximate surface area is 160 Å². The SMILES string of the molecule is COc1ccc(-c2noc(CCC(=O)N3CCN(CC(C)C)CC3)n2)cc1. The number of ether oxygens (including phenoxy) is 1. The van der Waals surface area contributed by atoms with Crippen LogP contribution in [0.5, 0.6) is 5.75 Å². The van der Waals surface area contributed by atoms with E-state index in [1.165, 1.54) is 0 Å². The molecule has 27 heavy (non-hydrogen) atoms. The molecule has 1 aliphatic heterocycles. The quantitative estimate of drug-likeness (QED) is 0.744. The van der Waals surface area contributed by atoms with Crippen LogP contribution in [0.2, 0.25) is 0 Å². The minimum atomic E-state index is 0.156. The normalized spacial score (nSPS) is 15.3. The molecule has 0 bridgehead atoms. The molecule has 1 amide bonds. The summed E-state index contributed by atoms with van der Waals surface area (Å²) in [7, 11) is 1.63. The second kappa shape index (κ2) is 8.99. The van der Waals surface area contributed by atoms with E-state index in [1.54, 1.807) is 7.11 Å². The zero-order chi connectivity index (χ0) is 19.2. The lowest BCUT2D eigenvalue weighted by Crippen LogP contribution is -2.49. The first-order valence-electron chi connectivity index (χ1n) is 9.52. The lowest BCUT2D eigenvalue weighted by Gasteiger charge is -2.35. The highest BCUT2D eigenvalue weighted by molar-refractivity contribution is 5.76. The van der Waals surface area contributed by atoms with Crippen molar-refractivity contribution in [2.24, 2.45) is 5.92 Å². The molecule has 7 heteroatoms. The van der Waals surface area contributed by atoms with Crippen LogP contribution in [0.3, 0.4) is 0 Å². The van der Waals surface area contributed by atoms with Crippen molar-refractivity contribution in [2.45, 2.75) is 26.7 Å². The van der Waals surface area contributed by atoms with Gasteiger partial charge in [-0.2, -0.15) is 4.98 Å². The van der Waals surface area contributed by atoms with E-state index >= 15 is 0 Å². The lowest BCUT2D eigenvalue weighted by atomic mass is 10.2. The second-order valence-corrected chi connectivity index (χ2v) is 7.32. The Kier molecular flexibility index (Phi) is 6.45. The van der Waals surface area contributed by atoms with Crippen molar-refractivity contribution < 1.29 is 14.1 Å². The van der Waals surface area contributed by atoms with Gasteiger partial charge >= 0.3 is 0 Å². The minimum absolute atomic E-state index is 0.156. The van der Waals surface area contributed by atoms with Crippen LogP contribution in [0.4, 0.5) is 0 Å². The van der Waals surface area contributed by atoms with Crippen LogP contribution in [-0.2, 0) is 11.2 Å². The molecule has 3 rings (SSSR count). The number of hydrogen-bond donors (Lipinski definition) is 0. The molecule has 2 heterocycles. The van der Waals surface area contributed by atoms with Crippen LogP contribution in [-0.4, -0.2) is 65.7 Å². The van der Waals surface area contributed by atoms with Gasteiger partial charge in [0.2, 0.25) is 17.6 Å². The largest absolute Gasteiger partial charge is 0.497 e. The van der Waals surface area contributed by atoms with Crippen LogP contribution in [0.25, 0.3) is 11.4 Å². The maximum Gasteiger partial charge on any atom is 0.227 e. The van der Waals surface area contributed by atoms with Crippen LogP contribution in [0.15, 0.2) is 28.8 Å². The van der Waals surface area contributed by atoms with E-state index in [-0.39, 0.29) is 5.91 Å². The molecule has 0 spiro atoms. The van der Waals surface area contributed by atoms with Crippen molar-refractivity contribution in [1.82, 2.24) is 19.9 Å². The van der Waals surface area contributed by atoms with E-state index in [1.807, 2.05) is 29.2 Å². The van der Waals surface area contributed by atoms with Gasteiger partial charge in [0.25, 0.3) is 0 Å². The maximum atomic E-state index is 12.5. The number of methoxy groups -OCH3 is 1. The van der Waals surface area contributed by atoms with Crippen molar-refractivity contribution >= 4 is 5.91 Å². The second-order valence-electron chi connectivity index (χ2n) is 7.32. The molecule has 0 N–H and O–H groups in total. The Morgan fingerprint density at radius 2 is 1.89 bits per heavy atom. The molecule has 2 aromatic rings. The highest BCUT2D eigenvalue weighted by Gasteiger charge is 2.22. The Hall–Kier alpha value is -2.41. The molecule has 146 valence electrons. The summed E-state index contributed by atoms with van der Waals surface area (Å²) in [6.07, 6.45) is 0.864. The number of rotatable bonds is 7. The lowest BCUT2D eigenvalue weighted by molar-refractivity contribution is -0.133. The number of nitrogens with zero attached hydrogens (tertiary/aromatic N) is 4. The molecule has 0 unspecified atom stereocenters. The van der Waals surface area contributed by atoms with Gasteiger partial charge in [0.05, 0.1) is 7.11 Å². The molecular weight excluding hydrogens is 344 g/mol. The number of carbonyl (C=O) groups excluding carboxylic acids is 1. The van der Waals surface area contributed by atoms with Crippen molar-refractivity contribution in [1.29, 1.82) is 0 Å². The van der Waals surface area contributed by atoms with Crippen molar-refractivity contribution in [2.75, 3.05) is 39.8 Å². The fourth-order valence-corrected chi connectivity index (χ4v) is 3.28. The fourth-order valence-electron chi connectivity index (χ4n) is 3.28. The summed E-state index contributed by atoms with van der Waals surface area (Å²) in [5, 5.41) is 4.01. The van der Waals surface area contributed by atoms with Gasteiger partial charge in [-0.1, -0.05) is 19.0 Å². The Morgan fingerprint density at radius 3 is 2.52 bits per heavy atom. The molecule has 0 saturated carbocycles. The number of benzene rings is 1. The summed E-state index contributed by atoms with van der Waals surface area (Å²) < 4.78 is 10.5. The fraction of sp³-hybridized carbons (Fsp3) is 0.550. The van der Waals surface area contributed by atoms with Gasteiger partial charge in [-0.3, -0.25) is 9.69 Å². The Balaban J connectivity index is 1.47. The van der Waals surface area contributed by atoms with Gasteiger partial charge in [0, 0.05) is 51.1 Å². The van der Waals surface area contributed by atoms with E-state index in [2.05, 4.69) is 28.9 Å². The summed E-state index contributed by atoms with van der Waals surface area (Å²) in [4.78, 5) is 21.2. The molecule has 1 aromatic heterocycles. The predicted molar refractivity (Wildman–Crippen MR) is 102 cm³/mol. The topological polar surface area (TPSA) is 71.7 Å². The first kappa shape index (κ1) is 19.4. The average Bonchev–Trinajstić information content (AvgIpc) is 3.15. The minimum Gasteiger partial charge on any atom is -0.497 e. The van der Waals surface area contributed by atoms with Gasteiger partial charge in [-0.15, -0.1) is 0 Å². The number of amides is 1. The van der Waals surface area contributed by atoms with Crippen LogP contribution >= 0.6 is 0 Å². The van der Waals surface area contributed by atoms with E-state index in [0.717, 1.165) is 44.0 Å². The predicted octanol–water partition coefficient (Wildman–Crippen LogP) is 2.48. The Bertz CT molecular complexity index is 734. The molecule has 0 atom stereocenters. The molecule has 0 aliphatic carbocycles.